The molecule has 0 amide bonds. The molecular formula is C10H18N2O4S. The summed E-state index contributed by atoms with van der Waals surface area (Å²) in [6.45, 7) is 0.404. The number of hydrogen-bond donors (Lipinski definition) is 2. The molecule has 0 saturated heterocycles. The van der Waals surface area contributed by atoms with Gasteiger partial charge < -0.3 is 16.2 Å². The van der Waals surface area contributed by atoms with Gasteiger partial charge in [0.15, 0.2) is 0 Å². The first kappa shape index (κ1) is 16.1. The van der Waals surface area contributed by atoms with Gasteiger partial charge in [-0.25, -0.2) is 9.59 Å². The molecule has 98 valence electrons. The van der Waals surface area contributed by atoms with Gasteiger partial charge >= 0.3 is 11.9 Å². The molecular weight excluding hydrogens is 244 g/mol. The number of nitrogens with two attached hydrogens (primary N) is 2. The summed E-state index contributed by atoms with van der Waals surface area (Å²) in [6, 6.07) is -0.907. The quantitative estimate of drug-likeness (QED) is 0.342. The molecule has 0 aliphatic heterocycles. The van der Waals surface area contributed by atoms with E-state index in [0.29, 0.717) is 25.1 Å². The smallest absolute Gasteiger partial charge is 0.382 e. The zero-order chi connectivity index (χ0) is 13.3. The summed E-state index contributed by atoms with van der Waals surface area (Å²) >= 11 is 1.43. The van der Waals surface area contributed by atoms with E-state index in [9.17, 15) is 14.4 Å². The third kappa shape index (κ3) is 7.09. The minimum Gasteiger partial charge on any atom is -0.386 e. The van der Waals surface area contributed by atoms with Crippen molar-refractivity contribution in [2.75, 3.05) is 18.6 Å². The molecule has 0 radical (unpaired) electrons. The molecule has 1 atom stereocenters. The van der Waals surface area contributed by atoms with Crippen molar-refractivity contribution in [1.82, 2.24) is 0 Å². The van der Waals surface area contributed by atoms with E-state index >= 15 is 0 Å². The van der Waals surface area contributed by atoms with E-state index < -0.39 is 23.8 Å². The lowest BCUT2D eigenvalue weighted by molar-refractivity contribution is -0.165. The number of hydrogen-bond acceptors (Lipinski definition) is 7. The monoisotopic (exact) mass is 262 g/mol. The van der Waals surface area contributed by atoms with E-state index in [-0.39, 0.29) is 6.42 Å². The van der Waals surface area contributed by atoms with Crippen LogP contribution >= 0.6 is 11.8 Å². The Kier molecular flexibility index (Phi) is 8.65. The summed E-state index contributed by atoms with van der Waals surface area (Å²) in [5.41, 5.74) is 10.7. The Morgan fingerprint density at radius 2 is 2.00 bits per heavy atom. The van der Waals surface area contributed by atoms with Gasteiger partial charge in [0.2, 0.25) is 5.78 Å². The van der Waals surface area contributed by atoms with Crippen LogP contribution in [-0.2, 0) is 19.1 Å². The molecule has 6 nitrogen and oxygen atoms in total. The van der Waals surface area contributed by atoms with Gasteiger partial charge in [-0.3, -0.25) is 4.79 Å². The van der Waals surface area contributed by atoms with E-state index in [0.717, 1.165) is 0 Å². The maximum absolute atomic E-state index is 11.3. The van der Waals surface area contributed by atoms with Crippen LogP contribution < -0.4 is 11.5 Å². The van der Waals surface area contributed by atoms with Crippen molar-refractivity contribution in [2.24, 2.45) is 11.5 Å². The van der Waals surface area contributed by atoms with Gasteiger partial charge in [-0.15, -0.1) is 0 Å². The molecule has 7 heteroatoms. The number of thioether (sulfide) groups is 1. The second-order valence-corrected chi connectivity index (χ2v) is 4.40. The fourth-order valence-corrected chi connectivity index (χ4v) is 1.37. The highest BCUT2D eigenvalue weighted by Crippen LogP contribution is 2.00. The first-order chi connectivity index (χ1) is 8.02. The predicted molar refractivity (Wildman–Crippen MR) is 65.4 cm³/mol. The molecule has 4 N–H and O–H groups in total. The Morgan fingerprint density at radius 3 is 2.53 bits per heavy atom. The zero-order valence-electron chi connectivity index (χ0n) is 9.81. The lowest BCUT2D eigenvalue weighted by Gasteiger charge is -2.08. The number of esters is 2. The first-order valence-electron chi connectivity index (χ1n) is 5.26. The summed E-state index contributed by atoms with van der Waals surface area (Å²) in [5.74, 6) is -2.20. The highest BCUT2D eigenvalue weighted by atomic mass is 32.2. The van der Waals surface area contributed by atoms with Crippen molar-refractivity contribution < 1.29 is 19.1 Å². The fourth-order valence-electron chi connectivity index (χ4n) is 0.976. The Bertz CT molecular complexity index is 283. The van der Waals surface area contributed by atoms with Crippen LogP contribution in [0.3, 0.4) is 0 Å². The lowest BCUT2D eigenvalue weighted by atomic mass is 10.2. The highest BCUT2D eigenvalue weighted by Gasteiger charge is 2.22. The summed E-state index contributed by atoms with van der Waals surface area (Å²) in [7, 11) is 0. The van der Waals surface area contributed by atoms with Crippen molar-refractivity contribution >= 4 is 29.5 Å². The van der Waals surface area contributed by atoms with Crippen molar-refractivity contribution in [3.63, 3.8) is 0 Å². The van der Waals surface area contributed by atoms with Crippen LogP contribution in [0.1, 0.15) is 19.3 Å². The summed E-state index contributed by atoms with van der Waals surface area (Å²) in [5, 5.41) is 0. The number of ketones is 1. The second kappa shape index (κ2) is 9.15. The van der Waals surface area contributed by atoms with E-state index in [1.54, 1.807) is 0 Å². The molecule has 0 spiro atoms. The number of ether oxygens (including phenoxy) is 1. The maximum atomic E-state index is 11.3. The average Bonchev–Trinajstić information content (AvgIpc) is 2.32. The Morgan fingerprint density at radius 1 is 1.35 bits per heavy atom. The largest absolute Gasteiger partial charge is 0.386 e. The minimum absolute atomic E-state index is 0.0608. The Hall–Kier alpha value is -0.920. The Balaban J connectivity index is 4.01. The molecule has 0 heterocycles. The van der Waals surface area contributed by atoms with Crippen LogP contribution in [0.4, 0.5) is 0 Å². The molecule has 0 aromatic rings. The SMILES string of the molecule is CSCCC(=O)C(=O)OC(=O)[C@H](N)CCCN. The van der Waals surface area contributed by atoms with Crippen LogP contribution in [0.2, 0.25) is 0 Å². The number of rotatable bonds is 8. The molecule has 0 saturated carbocycles. The molecule has 0 rings (SSSR count). The van der Waals surface area contributed by atoms with Crippen molar-refractivity contribution in [2.45, 2.75) is 25.3 Å². The molecule has 0 bridgehead atoms. The Labute approximate surface area is 104 Å². The first-order valence-corrected chi connectivity index (χ1v) is 6.65. The molecule has 0 aliphatic carbocycles. The maximum Gasteiger partial charge on any atom is 0.382 e. The van der Waals surface area contributed by atoms with Crippen molar-refractivity contribution in [3.05, 3.63) is 0 Å². The van der Waals surface area contributed by atoms with Gasteiger partial charge in [0.25, 0.3) is 0 Å². The average molecular weight is 262 g/mol. The van der Waals surface area contributed by atoms with Gasteiger partial charge in [0, 0.05) is 12.2 Å². The highest BCUT2D eigenvalue weighted by molar-refractivity contribution is 7.98. The number of Topliss-reactive ketones (excluding diaryl/α,β-unsaturated/α-hetero) is 1. The van der Waals surface area contributed by atoms with Crippen LogP contribution in [-0.4, -0.2) is 42.3 Å². The van der Waals surface area contributed by atoms with Crippen molar-refractivity contribution in [3.8, 4) is 0 Å². The molecule has 0 aromatic heterocycles. The van der Waals surface area contributed by atoms with E-state index in [4.69, 9.17) is 11.5 Å². The van der Waals surface area contributed by atoms with Gasteiger partial charge in [-0.2, -0.15) is 11.8 Å². The fraction of sp³-hybridized carbons (Fsp3) is 0.700. The minimum atomic E-state index is -1.13. The molecule has 0 unspecified atom stereocenters. The van der Waals surface area contributed by atoms with Gasteiger partial charge in [0.1, 0.15) is 6.04 Å². The lowest BCUT2D eigenvalue weighted by Crippen LogP contribution is -2.36. The van der Waals surface area contributed by atoms with E-state index in [1.165, 1.54) is 11.8 Å². The summed E-state index contributed by atoms with van der Waals surface area (Å²) < 4.78 is 4.37. The molecule has 0 aromatic carbocycles. The van der Waals surface area contributed by atoms with Crippen LogP contribution in [0.5, 0.6) is 0 Å². The summed E-state index contributed by atoms with van der Waals surface area (Å²) in [6.07, 6.45) is 2.77. The summed E-state index contributed by atoms with van der Waals surface area (Å²) in [4.78, 5) is 33.6. The van der Waals surface area contributed by atoms with Gasteiger partial charge in [0.05, 0.1) is 0 Å². The molecule has 17 heavy (non-hydrogen) atoms. The third-order valence-electron chi connectivity index (χ3n) is 1.98. The third-order valence-corrected chi connectivity index (χ3v) is 2.59. The standard InChI is InChI=1S/C10H18N2O4S/c1-17-6-4-8(13)10(15)16-9(14)7(12)3-2-5-11/h7H,2-6,11-12H2,1H3/t7-/m1/s1. The number of carbonyl (C=O) groups is 3. The van der Waals surface area contributed by atoms with E-state index in [2.05, 4.69) is 4.74 Å². The van der Waals surface area contributed by atoms with Crippen LogP contribution in [0.25, 0.3) is 0 Å². The molecule has 0 fully saturated rings. The van der Waals surface area contributed by atoms with E-state index in [1.807, 2.05) is 6.26 Å². The predicted octanol–water partition coefficient (Wildman–Crippen LogP) is -0.555. The second-order valence-electron chi connectivity index (χ2n) is 3.41. The topological polar surface area (TPSA) is 112 Å². The zero-order valence-corrected chi connectivity index (χ0v) is 10.6. The van der Waals surface area contributed by atoms with Crippen molar-refractivity contribution in [1.29, 1.82) is 0 Å². The normalized spacial score (nSPS) is 11.9. The molecule has 0 aliphatic rings. The van der Waals surface area contributed by atoms with Crippen LogP contribution in [0, 0.1) is 0 Å². The number of carbonyl (C=O) groups excluding carboxylic acids is 3. The van der Waals surface area contributed by atoms with Gasteiger partial charge in [-0.05, 0) is 25.6 Å². The van der Waals surface area contributed by atoms with Crippen LogP contribution in [0.15, 0.2) is 0 Å². The van der Waals surface area contributed by atoms with Gasteiger partial charge in [-0.1, -0.05) is 0 Å².